The lowest BCUT2D eigenvalue weighted by atomic mass is 10.1. The maximum absolute atomic E-state index is 13.0. The van der Waals surface area contributed by atoms with Crippen molar-refractivity contribution >= 4 is 21.1 Å². The molecule has 31 heavy (non-hydrogen) atoms. The minimum Gasteiger partial charge on any atom is -0.439 e. The van der Waals surface area contributed by atoms with E-state index < -0.39 is 10.0 Å². The lowest BCUT2D eigenvalue weighted by Crippen LogP contribution is -2.32. The molecule has 0 bridgehead atoms. The Kier molecular flexibility index (Phi) is 7.08. The number of hydrogen-bond donors (Lipinski definition) is 0. The maximum Gasteiger partial charge on any atom is 0.214 e. The van der Waals surface area contributed by atoms with Crippen LogP contribution in [-0.4, -0.2) is 30.0 Å². The third kappa shape index (κ3) is 5.18. The molecule has 1 unspecified atom stereocenters. The van der Waals surface area contributed by atoms with E-state index in [2.05, 4.69) is 19.1 Å². The van der Waals surface area contributed by atoms with Gasteiger partial charge in [-0.1, -0.05) is 75.4 Å². The van der Waals surface area contributed by atoms with Crippen LogP contribution >= 0.6 is 0 Å². The zero-order valence-corrected chi connectivity index (χ0v) is 19.1. The Morgan fingerprint density at radius 3 is 2.58 bits per heavy atom. The lowest BCUT2D eigenvalue weighted by Gasteiger charge is -2.21. The van der Waals surface area contributed by atoms with Crippen molar-refractivity contribution in [3.63, 3.8) is 0 Å². The molecule has 2 heterocycles. The summed E-state index contributed by atoms with van der Waals surface area (Å²) >= 11 is 0. The summed E-state index contributed by atoms with van der Waals surface area (Å²) in [6, 6.07) is 15.8. The first-order chi connectivity index (χ1) is 15.1. The van der Waals surface area contributed by atoms with Crippen molar-refractivity contribution in [2.24, 2.45) is 0 Å². The second-order valence-corrected chi connectivity index (χ2v) is 10.5. The molecule has 5 nitrogen and oxygen atoms in total. The topological polar surface area (TPSA) is 63.4 Å². The third-order valence-corrected chi connectivity index (χ3v) is 8.07. The van der Waals surface area contributed by atoms with E-state index >= 15 is 0 Å². The van der Waals surface area contributed by atoms with Crippen LogP contribution in [0, 0.1) is 0 Å². The Balaban J connectivity index is 1.47. The average Bonchev–Trinajstić information content (AvgIpc) is 3.43. The van der Waals surface area contributed by atoms with Crippen molar-refractivity contribution in [2.75, 3.05) is 12.3 Å². The van der Waals surface area contributed by atoms with Gasteiger partial charge in [-0.25, -0.2) is 13.4 Å². The van der Waals surface area contributed by atoms with Gasteiger partial charge in [-0.15, -0.1) is 0 Å². The van der Waals surface area contributed by atoms with Gasteiger partial charge in [0, 0.05) is 6.54 Å². The van der Waals surface area contributed by atoms with Crippen LogP contribution in [0.3, 0.4) is 0 Å². The van der Waals surface area contributed by atoms with E-state index in [1.54, 1.807) is 4.31 Å². The van der Waals surface area contributed by atoms with E-state index in [1.165, 1.54) is 19.3 Å². The molecule has 1 aromatic heterocycles. The number of unbranched alkanes of at least 4 members (excludes halogenated alkanes) is 5. The summed E-state index contributed by atoms with van der Waals surface area (Å²) in [4.78, 5) is 4.70. The molecular weight excluding hydrogens is 408 g/mol. The third-order valence-electron chi connectivity index (χ3n) is 6.11. The summed E-state index contributed by atoms with van der Waals surface area (Å²) in [6.45, 7) is 2.74. The Labute approximate surface area is 185 Å². The number of hydrogen-bond acceptors (Lipinski definition) is 4. The van der Waals surface area contributed by atoms with Crippen molar-refractivity contribution in [2.45, 2.75) is 64.3 Å². The van der Waals surface area contributed by atoms with Gasteiger partial charge in [-0.3, -0.25) is 0 Å². The molecule has 1 fully saturated rings. The largest absolute Gasteiger partial charge is 0.439 e. The smallest absolute Gasteiger partial charge is 0.214 e. The van der Waals surface area contributed by atoms with E-state index in [9.17, 15) is 8.42 Å². The Bertz CT molecular complexity index is 1090. The van der Waals surface area contributed by atoms with Crippen LogP contribution in [0.15, 0.2) is 52.9 Å². The molecule has 0 saturated carbocycles. The molecule has 3 aromatic rings. The summed E-state index contributed by atoms with van der Waals surface area (Å²) in [5.74, 6) is 0.734. The highest BCUT2D eigenvalue weighted by molar-refractivity contribution is 7.89. The molecule has 0 radical (unpaired) electrons. The van der Waals surface area contributed by atoms with Crippen LogP contribution in [0.25, 0.3) is 22.2 Å². The Hall–Kier alpha value is -2.18. The van der Waals surface area contributed by atoms with Crippen molar-refractivity contribution in [3.8, 4) is 11.1 Å². The first-order valence-electron chi connectivity index (χ1n) is 11.5. The molecule has 6 heteroatoms. The van der Waals surface area contributed by atoms with E-state index in [0.717, 1.165) is 48.7 Å². The van der Waals surface area contributed by atoms with Gasteiger partial charge < -0.3 is 4.42 Å². The summed E-state index contributed by atoms with van der Waals surface area (Å²) in [5, 5.41) is 0. The van der Waals surface area contributed by atoms with Crippen LogP contribution in [0.5, 0.6) is 0 Å². The van der Waals surface area contributed by atoms with Crippen LogP contribution in [-0.2, 0) is 10.0 Å². The van der Waals surface area contributed by atoms with Crippen LogP contribution < -0.4 is 0 Å². The molecule has 166 valence electrons. The molecule has 1 aliphatic rings. The predicted octanol–water partition coefficient (Wildman–Crippen LogP) is 6.32. The number of rotatable bonds is 10. The molecule has 1 aliphatic heterocycles. The highest BCUT2D eigenvalue weighted by Gasteiger charge is 2.37. The Morgan fingerprint density at radius 2 is 1.77 bits per heavy atom. The number of aromatic nitrogens is 1. The second kappa shape index (κ2) is 9.96. The van der Waals surface area contributed by atoms with Crippen molar-refractivity contribution in [1.29, 1.82) is 0 Å². The van der Waals surface area contributed by atoms with Gasteiger partial charge >= 0.3 is 0 Å². The maximum atomic E-state index is 13.0. The summed E-state index contributed by atoms with van der Waals surface area (Å²) in [5.41, 5.74) is 3.68. The average molecular weight is 441 g/mol. The first kappa shape index (κ1) is 22.0. The van der Waals surface area contributed by atoms with E-state index in [0.29, 0.717) is 18.0 Å². The van der Waals surface area contributed by atoms with Crippen molar-refractivity contribution in [3.05, 3.63) is 54.4 Å². The summed E-state index contributed by atoms with van der Waals surface area (Å²) in [7, 11) is -3.31. The fourth-order valence-electron chi connectivity index (χ4n) is 4.40. The number of sulfonamides is 1. The fraction of sp³-hybridized carbons (Fsp3) is 0.480. The van der Waals surface area contributed by atoms with Gasteiger partial charge in [0.15, 0.2) is 5.58 Å². The molecule has 0 N–H and O–H groups in total. The van der Waals surface area contributed by atoms with Gasteiger partial charge in [0.25, 0.3) is 0 Å². The summed E-state index contributed by atoms with van der Waals surface area (Å²) in [6.07, 6.45) is 8.03. The molecule has 1 atom stereocenters. The molecule has 0 spiro atoms. The van der Waals surface area contributed by atoms with Crippen LogP contribution in [0.1, 0.15) is 70.2 Å². The standard InChI is InChI=1S/C25H32N2O3S/c1-2-3-4-5-6-10-18-31(28,29)27-17-11-14-23(27)25-26-22-19-21(15-16-24(22)30-25)20-12-8-7-9-13-20/h7-9,12-13,15-16,19,23H,2-6,10-11,14,17-18H2,1H3. The zero-order valence-electron chi connectivity index (χ0n) is 18.3. The van der Waals surface area contributed by atoms with Crippen LogP contribution in [0.2, 0.25) is 0 Å². The van der Waals surface area contributed by atoms with Gasteiger partial charge in [0.05, 0.1) is 5.75 Å². The number of nitrogens with zero attached hydrogens (tertiary/aromatic N) is 2. The molecule has 4 rings (SSSR count). The van der Waals surface area contributed by atoms with Gasteiger partial charge in [-0.05, 0) is 42.5 Å². The minimum absolute atomic E-state index is 0.216. The van der Waals surface area contributed by atoms with Crippen molar-refractivity contribution in [1.82, 2.24) is 9.29 Å². The fourth-order valence-corrected chi connectivity index (χ4v) is 6.19. The summed E-state index contributed by atoms with van der Waals surface area (Å²) < 4.78 is 33.7. The zero-order chi connectivity index (χ0) is 21.7. The van der Waals surface area contributed by atoms with Gasteiger partial charge in [0.1, 0.15) is 11.6 Å². The molecular formula is C25H32N2O3S. The highest BCUT2D eigenvalue weighted by Crippen LogP contribution is 2.36. The first-order valence-corrected chi connectivity index (χ1v) is 13.1. The highest BCUT2D eigenvalue weighted by atomic mass is 32.2. The molecule has 1 saturated heterocycles. The normalized spacial score (nSPS) is 17.5. The van der Waals surface area contributed by atoms with E-state index in [4.69, 9.17) is 9.40 Å². The minimum atomic E-state index is -3.31. The molecule has 0 amide bonds. The monoisotopic (exact) mass is 440 g/mol. The van der Waals surface area contributed by atoms with Gasteiger partial charge in [-0.2, -0.15) is 4.31 Å². The molecule has 0 aliphatic carbocycles. The second-order valence-electron chi connectivity index (χ2n) is 8.45. The number of oxazole rings is 1. The quantitative estimate of drug-likeness (QED) is 0.346. The number of fused-ring (bicyclic) bond motifs is 1. The van der Waals surface area contributed by atoms with Crippen LogP contribution in [0.4, 0.5) is 0 Å². The molecule has 2 aromatic carbocycles. The SMILES string of the molecule is CCCCCCCCS(=O)(=O)N1CCCC1c1nc2cc(-c3ccccc3)ccc2o1. The van der Waals surface area contributed by atoms with E-state index in [1.807, 2.05) is 36.4 Å². The van der Waals surface area contributed by atoms with Crippen molar-refractivity contribution < 1.29 is 12.8 Å². The van der Waals surface area contributed by atoms with E-state index in [-0.39, 0.29) is 11.8 Å². The Morgan fingerprint density at radius 1 is 1.00 bits per heavy atom. The number of benzene rings is 2. The predicted molar refractivity (Wildman–Crippen MR) is 125 cm³/mol. The lowest BCUT2D eigenvalue weighted by molar-refractivity contribution is 0.336. The van der Waals surface area contributed by atoms with Gasteiger partial charge in [0.2, 0.25) is 15.9 Å².